The smallest absolute Gasteiger partial charge is 0.0853 e. The Bertz CT molecular complexity index is 336. The molecule has 1 aliphatic rings. The highest BCUT2D eigenvalue weighted by Crippen LogP contribution is 2.46. The average Bonchev–Trinajstić information content (AvgIpc) is 2.74. The zero-order valence-electron chi connectivity index (χ0n) is 8.62. The number of nitrogens with one attached hydrogen (secondary N) is 1. The maximum Gasteiger partial charge on any atom is 0.0853 e. The zero-order valence-corrected chi connectivity index (χ0v) is 8.62. The normalized spacial score (nSPS) is 23.2. The van der Waals surface area contributed by atoms with Gasteiger partial charge in [-0.1, -0.05) is 13.8 Å². The van der Waals surface area contributed by atoms with E-state index in [1.165, 1.54) is 6.42 Å². The van der Waals surface area contributed by atoms with Crippen LogP contribution >= 0.6 is 0 Å². The zero-order chi connectivity index (χ0) is 10.2. The molecule has 76 valence electrons. The summed E-state index contributed by atoms with van der Waals surface area (Å²) in [6.07, 6.45) is 2.94. The summed E-state index contributed by atoms with van der Waals surface area (Å²) in [4.78, 5) is 4.03. The summed E-state index contributed by atoms with van der Waals surface area (Å²) in [5, 5.41) is 12.4. The van der Waals surface area contributed by atoms with E-state index in [9.17, 15) is 0 Å². The Labute approximate surface area is 84.2 Å². The molecule has 0 spiro atoms. The molecule has 1 atom stereocenters. The van der Waals surface area contributed by atoms with Crippen molar-refractivity contribution in [2.45, 2.75) is 32.9 Å². The van der Waals surface area contributed by atoms with Gasteiger partial charge in [-0.05, 0) is 24.0 Å². The topological polar surface area (TPSA) is 45.2 Å². The number of pyridine rings is 1. The Kier molecular flexibility index (Phi) is 2.19. The summed E-state index contributed by atoms with van der Waals surface area (Å²) in [5.41, 5.74) is 2.19. The molecule has 14 heavy (non-hydrogen) atoms. The molecule has 3 heteroatoms. The number of aromatic nitrogens is 1. The molecule has 2 N–H and O–H groups in total. The van der Waals surface area contributed by atoms with Crippen LogP contribution < -0.4 is 5.32 Å². The lowest BCUT2D eigenvalue weighted by molar-refractivity contribution is 0.277. The highest BCUT2D eigenvalue weighted by atomic mass is 16.3. The minimum absolute atomic E-state index is 0.00355. The summed E-state index contributed by atoms with van der Waals surface area (Å²) in [6, 6.07) is 4.40. The molecule has 0 aromatic carbocycles. The Morgan fingerprint density at radius 1 is 1.64 bits per heavy atom. The third-order valence-corrected chi connectivity index (χ3v) is 2.83. The van der Waals surface area contributed by atoms with E-state index in [2.05, 4.69) is 24.1 Å². The van der Waals surface area contributed by atoms with Gasteiger partial charge in [0.1, 0.15) is 0 Å². The van der Waals surface area contributed by atoms with E-state index >= 15 is 0 Å². The van der Waals surface area contributed by atoms with Crippen molar-refractivity contribution in [3.8, 4) is 0 Å². The van der Waals surface area contributed by atoms with Crippen molar-refractivity contribution in [1.82, 2.24) is 4.98 Å². The van der Waals surface area contributed by atoms with Crippen LogP contribution in [-0.4, -0.2) is 16.1 Å². The highest BCUT2D eigenvalue weighted by molar-refractivity contribution is 5.46. The van der Waals surface area contributed by atoms with Crippen molar-refractivity contribution >= 4 is 5.69 Å². The second kappa shape index (κ2) is 3.24. The molecule has 3 nitrogen and oxygen atoms in total. The van der Waals surface area contributed by atoms with E-state index in [1.54, 1.807) is 6.20 Å². The molecule has 1 heterocycles. The summed E-state index contributed by atoms with van der Waals surface area (Å²) < 4.78 is 0. The number of rotatable bonds is 3. The van der Waals surface area contributed by atoms with E-state index in [1.807, 2.05) is 12.1 Å². The second-order valence-corrected chi connectivity index (χ2v) is 4.58. The molecule has 0 aliphatic heterocycles. The molecule has 0 radical (unpaired) electrons. The fourth-order valence-electron chi connectivity index (χ4n) is 1.57. The molecule has 1 aromatic rings. The molecule has 1 aromatic heterocycles. The second-order valence-electron chi connectivity index (χ2n) is 4.58. The van der Waals surface area contributed by atoms with Crippen LogP contribution in [0.15, 0.2) is 18.3 Å². The third kappa shape index (κ3) is 1.87. The summed E-state index contributed by atoms with van der Waals surface area (Å²) in [7, 11) is 0. The fourth-order valence-corrected chi connectivity index (χ4v) is 1.57. The lowest BCUT2D eigenvalue weighted by Crippen LogP contribution is -2.08. The van der Waals surface area contributed by atoms with Gasteiger partial charge in [0.2, 0.25) is 0 Å². The summed E-state index contributed by atoms with van der Waals surface area (Å²) >= 11 is 0. The van der Waals surface area contributed by atoms with E-state index in [0.29, 0.717) is 17.2 Å². The van der Waals surface area contributed by atoms with E-state index in [-0.39, 0.29) is 6.61 Å². The van der Waals surface area contributed by atoms with Crippen molar-refractivity contribution in [1.29, 1.82) is 0 Å². The highest BCUT2D eigenvalue weighted by Gasteiger charge is 2.45. The van der Waals surface area contributed by atoms with Crippen molar-refractivity contribution < 1.29 is 5.11 Å². The number of anilines is 1. The van der Waals surface area contributed by atoms with Gasteiger partial charge in [-0.15, -0.1) is 0 Å². The molecular formula is C11H16N2O. The van der Waals surface area contributed by atoms with Crippen LogP contribution in [0.1, 0.15) is 26.0 Å². The van der Waals surface area contributed by atoms with E-state index < -0.39 is 0 Å². The maximum absolute atomic E-state index is 8.92. The van der Waals surface area contributed by atoms with Crippen LogP contribution in [0.25, 0.3) is 0 Å². The Morgan fingerprint density at radius 2 is 2.36 bits per heavy atom. The van der Waals surface area contributed by atoms with Crippen molar-refractivity contribution in [2.75, 3.05) is 5.32 Å². The van der Waals surface area contributed by atoms with Crippen molar-refractivity contribution in [3.05, 3.63) is 24.0 Å². The number of aliphatic hydroxyl groups excluding tert-OH is 1. The molecule has 0 saturated heterocycles. The molecule has 1 saturated carbocycles. The first-order valence-electron chi connectivity index (χ1n) is 4.94. The fraction of sp³-hybridized carbons (Fsp3) is 0.545. The van der Waals surface area contributed by atoms with Gasteiger partial charge in [-0.25, -0.2) is 0 Å². The predicted molar refractivity (Wildman–Crippen MR) is 56.0 cm³/mol. The lowest BCUT2D eigenvalue weighted by Gasteiger charge is -2.08. The molecule has 1 aliphatic carbocycles. The summed E-state index contributed by atoms with van der Waals surface area (Å²) in [6.45, 7) is 4.50. The molecule has 0 bridgehead atoms. The quantitative estimate of drug-likeness (QED) is 0.767. The van der Waals surface area contributed by atoms with Gasteiger partial charge in [0.25, 0.3) is 0 Å². The SMILES string of the molecule is CC1(C)C[C@@H]1Nc1ccnc(CO)c1. The number of hydrogen-bond acceptors (Lipinski definition) is 3. The minimum Gasteiger partial charge on any atom is -0.390 e. The van der Waals surface area contributed by atoms with Crippen LogP contribution in [0.4, 0.5) is 5.69 Å². The van der Waals surface area contributed by atoms with Gasteiger partial charge in [-0.3, -0.25) is 4.98 Å². The van der Waals surface area contributed by atoms with Crippen LogP contribution in [0.2, 0.25) is 0 Å². The largest absolute Gasteiger partial charge is 0.390 e. The molecule has 2 rings (SSSR count). The average molecular weight is 192 g/mol. The van der Waals surface area contributed by atoms with Gasteiger partial charge < -0.3 is 10.4 Å². The van der Waals surface area contributed by atoms with Crippen molar-refractivity contribution in [3.63, 3.8) is 0 Å². The van der Waals surface area contributed by atoms with Gasteiger partial charge in [-0.2, -0.15) is 0 Å². The number of hydrogen-bond donors (Lipinski definition) is 2. The first kappa shape index (κ1) is 9.46. The lowest BCUT2D eigenvalue weighted by atomic mass is 10.2. The molecule has 0 amide bonds. The van der Waals surface area contributed by atoms with Crippen molar-refractivity contribution in [2.24, 2.45) is 5.41 Å². The maximum atomic E-state index is 8.92. The Hall–Kier alpha value is -1.09. The van der Waals surface area contributed by atoms with Gasteiger partial charge in [0.05, 0.1) is 12.3 Å². The van der Waals surface area contributed by atoms with Gasteiger partial charge in [0, 0.05) is 17.9 Å². The predicted octanol–water partition coefficient (Wildman–Crippen LogP) is 1.78. The standard InChI is InChI=1S/C11H16N2O/c1-11(2)6-10(11)13-8-3-4-12-9(5-8)7-14/h3-5,10,14H,6-7H2,1-2H3,(H,12,13)/t10-/m0/s1. The third-order valence-electron chi connectivity index (χ3n) is 2.83. The van der Waals surface area contributed by atoms with Crippen LogP contribution in [0, 0.1) is 5.41 Å². The van der Waals surface area contributed by atoms with Gasteiger partial charge in [0.15, 0.2) is 0 Å². The first-order valence-corrected chi connectivity index (χ1v) is 4.94. The van der Waals surface area contributed by atoms with E-state index in [0.717, 1.165) is 5.69 Å². The first-order chi connectivity index (χ1) is 6.62. The van der Waals surface area contributed by atoms with E-state index in [4.69, 9.17) is 5.11 Å². The molecular weight excluding hydrogens is 176 g/mol. The Morgan fingerprint density at radius 3 is 2.93 bits per heavy atom. The monoisotopic (exact) mass is 192 g/mol. The minimum atomic E-state index is 0.00355. The van der Waals surface area contributed by atoms with Crippen LogP contribution in [0.3, 0.4) is 0 Å². The number of nitrogens with zero attached hydrogens (tertiary/aromatic N) is 1. The Balaban J connectivity index is 2.03. The van der Waals surface area contributed by atoms with Crippen LogP contribution in [0.5, 0.6) is 0 Å². The molecule has 0 unspecified atom stereocenters. The van der Waals surface area contributed by atoms with Crippen LogP contribution in [-0.2, 0) is 6.61 Å². The number of aliphatic hydroxyl groups is 1. The summed E-state index contributed by atoms with van der Waals surface area (Å²) in [5.74, 6) is 0. The van der Waals surface area contributed by atoms with Gasteiger partial charge >= 0.3 is 0 Å². The molecule has 1 fully saturated rings.